The number of nitrogens with one attached hydrogen (secondary N) is 1. The highest BCUT2D eigenvalue weighted by Gasteiger charge is 2.26. The zero-order chi connectivity index (χ0) is 14.2. The molecule has 2 aromatic heterocycles. The second kappa shape index (κ2) is 4.81. The fraction of sp³-hybridized carbons (Fsp3) is 0.235. The van der Waals surface area contributed by atoms with Crippen LogP contribution in [0.25, 0.3) is 11.1 Å². The number of amides is 1. The van der Waals surface area contributed by atoms with Crippen LogP contribution in [0.1, 0.15) is 28.9 Å². The van der Waals surface area contributed by atoms with E-state index in [1.807, 2.05) is 34.9 Å². The Kier molecular flexibility index (Phi) is 2.81. The van der Waals surface area contributed by atoms with Gasteiger partial charge in [0.15, 0.2) is 5.58 Å². The molecule has 106 valence electrons. The normalized spacial score (nSPS) is 14.5. The summed E-state index contributed by atoms with van der Waals surface area (Å²) >= 11 is 0. The Labute approximate surface area is 122 Å². The van der Waals surface area contributed by atoms with Crippen LogP contribution in [0.2, 0.25) is 0 Å². The molecule has 4 rings (SSSR count). The molecule has 1 N–H and O–H groups in total. The number of carbonyl (C=O) groups is 1. The second-order valence-corrected chi connectivity index (χ2v) is 5.52. The van der Waals surface area contributed by atoms with Crippen molar-refractivity contribution < 1.29 is 9.21 Å². The molecule has 0 spiro atoms. The van der Waals surface area contributed by atoms with Gasteiger partial charge in [-0.3, -0.25) is 4.79 Å². The molecule has 1 saturated carbocycles. The Morgan fingerprint density at radius 3 is 2.81 bits per heavy atom. The highest BCUT2D eigenvalue weighted by Crippen LogP contribution is 2.24. The van der Waals surface area contributed by atoms with E-state index in [2.05, 4.69) is 17.4 Å². The zero-order valence-corrected chi connectivity index (χ0v) is 11.6. The van der Waals surface area contributed by atoms with Crippen LogP contribution in [0.3, 0.4) is 0 Å². The monoisotopic (exact) mass is 280 g/mol. The summed E-state index contributed by atoms with van der Waals surface area (Å²) in [5.41, 5.74) is 3.54. The first-order valence-electron chi connectivity index (χ1n) is 7.23. The standard InChI is InChI=1S/C17H16N2O2/c20-17(18-13-6-7-13)15-10-16-14(8-9-21-16)19(15)11-12-4-2-1-3-5-12/h1-5,8-10,13H,6-7,11H2,(H,18,20). The van der Waals surface area contributed by atoms with Gasteiger partial charge in [0.05, 0.1) is 11.8 Å². The van der Waals surface area contributed by atoms with E-state index in [0.717, 1.165) is 29.5 Å². The molecule has 0 bridgehead atoms. The Hall–Kier alpha value is -2.49. The van der Waals surface area contributed by atoms with E-state index in [1.165, 1.54) is 0 Å². The zero-order valence-electron chi connectivity index (χ0n) is 11.6. The van der Waals surface area contributed by atoms with Crippen LogP contribution in [0.5, 0.6) is 0 Å². The lowest BCUT2D eigenvalue weighted by Gasteiger charge is -2.10. The molecule has 1 aromatic carbocycles. The minimum Gasteiger partial charge on any atom is -0.463 e. The van der Waals surface area contributed by atoms with E-state index < -0.39 is 0 Å². The summed E-state index contributed by atoms with van der Waals surface area (Å²) in [5.74, 6) is -0.0140. The predicted octanol–water partition coefficient (Wildman–Crippen LogP) is 3.17. The number of fused-ring (bicyclic) bond motifs is 1. The molecule has 1 fully saturated rings. The third-order valence-electron chi connectivity index (χ3n) is 3.85. The molecule has 3 aromatic rings. The SMILES string of the molecule is O=C(NC1CC1)c1cc2occc2n1Cc1ccccc1. The fourth-order valence-electron chi connectivity index (χ4n) is 2.59. The van der Waals surface area contributed by atoms with Gasteiger partial charge in [-0.05, 0) is 18.4 Å². The van der Waals surface area contributed by atoms with Crippen molar-refractivity contribution in [1.29, 1.82) is 0 Å². The molecule has 0 aliphatic heterocycles. The number of hydrogen-bond donors (Lipinski definition) is 1. The third-order valence-corrected chi connectivity index (χ3v) is 3.85. The number of rotatable bonds is 4. The number of nitrogens with zero attached hydrogens (tertiary/aromatic N) is 1. The molecule has 0 unspecified atom stereocenters. The van der Waals surface area contributed by atoms with Gasteiger partial charge in [-0.1, -0.05) is 30.3 Å². The van der Waals surface area contributed by atoms with Gasteiger partial charge in [0.2, 0.25) is 0 Å². The summed E-state index contributed by atoms with van der Waals surface area (Å²) < 4.78 is 7.47. The van der Waals surface area contributed by atoms with Gasteiger partial charge in [0.1, 0.15) is 5.69 Å². The van der Waals surface area contributed by atoms with Crippen LogP contribution >= 0.6 is 0 Å². The molecule has 0 atom stereocenters. The minimum atomic E-state index is -0.0140. The van der Waals surface area contributed by atoms with Crippen LogP contribution < -0.4 is 5.32 Å². The van der Waals surface area contributed by atoms with E-state index in [0.29, 0.717) is 18.3 Å². The first kappa shape index (κ1) is 12.3. The van der Waals surface area contributed by atoms with Crippen molar-refractivity contribution in [1.82, 2.24) is 9.88 Å². The lowest BCUT2D eigenvalue weighted by molar-refractivity contribution is 0.0942. The lowest BCUT2D eigenvalue weighted by Crippen LogP contribution is -2.27. The highest BCUT2D eigenvalue weighted by atomic mass is 16.3. The smallest absolute Gasteiger partial charge is 0.268 e. The molecule has 0 saturated heterocycles. The van der Waals surface area contributed by atoms with E-state index in [1.54, 1.807) is 6.26 Å². The quantitative estimate of drug-likeness (QED) is 0.798. The van der Waals surface area contributed by atoms with Crippen molar-refractivity contribution >= 4 is 17.0 Å². The largest absolute Gasteiger partial charge is 0.463 e. The summed E-state index contributed by atoms with van der Waals surface area (Å²) in [5, 5.41) is 3.05. The Morgan fingerprint density at radius 1 is 1.24 bits per heavy atom. The van der Waals surface area contributed by atoms with Gasteiger partial charge in [-0.15, -0.1) is 0 Å². The average Bonchev–Trinajstić information content (AvgIpc) is 3.08. The fourth-order valence-corrected chi connectivity index (χ4v) is 2.59. The minimum absolute atomic E-state index is 0.0140. The van der Waals surface area contributed by atoms with Crippen molar-refractivity contribution in [3.05, 3.63) is 60.0 Å². The van der Waals surface area contributed by atoms with Crippen molar-refractivity contribution in [2.45, 2.75) is 25.4 Å². The molecule has 1 aliphatic rings. The van der Waals surface area contributed by atoms with Crippen LogP contribution in [-0.4, -0.2) is 16.5 Å². The first-order valence-corrected chi connectivity index (χ1v) is 7.23. The summed E-state index contributed by atoms with van der Waals surface area (Å²) in [6.45, 7) is 0.664. The van der Waals surface area contributed by atoms with Gasteiger partial charge in [-0.2, -0.15) is 0 Å². The van der Waals surface area contributed by atoms with E-state index in [9.17, 15) is 4.79 Å². The summed E-state index contributed by atoms with van der Waals surface area (Å²) in [6, 6.07) is 14.2. The molecule has 1 aliphatic carbocycles. The van der Waals surface area contributed by atoms with Crippen molar-refractivity contribution in [2.24, 2.45) is 0 Å². The Balaban J connectivity index is 1.73. The van der Waals surface area contributed by atoms with Crippen LogP contribution in [0, 0.1) is 0 Å². The lowest BCUT2D eigenvalue weighted by atomic mass is 10.2. The van der Waals surface area contributed by atoms with Gasteiger partial charge in [0, 0.05) is 24.7 Å². The number of furan rings is 1. The third kappa shape index (κ3) is 2.33. The second-order valence-electron chi connectivity index (χ2n) is 5.52. The molecule has 4 nitrogen and oxygen atoms in total. The molecule has 1 amide bonds. The highest BCUT2D eigenvalue weighted by molar-refractivity contribution is 5.97. The van der Waals surface area contributed by atoms with Crippen LogP contribution in [0.4, 0.5) is 0 Å². The topological polar surface area (TPSA) is 47.2 Å². The maximum Gasteiger partial charge on any atom is 0.268 e. The van der Waals surface area contributed by atoms with Crippen molar-refractivity contribution in [3.63, 3.8) is 0 Å². The predicted molar refractivity (Wildman–Crippen MR) is 80.2 cm³/mol. The maximum absolute atomic E-state index is 12.4. The van der Waals surface area contributed by atoms with Gasteiger partial charge < -0.3 is 14.3 Å². The average molecular weight is 280 g/mol. The van der Waals surface area contributed by atoms with Crippen LogP contribution in [-0.2, 0) is 6.54 Å². The summed E-state index contributed by atoms with van der Waals surface area (Å²) in [7, 11) is 0. The van der Waals surface area contributed by atoms with E-state index in [4.69, 9.17) is 4.42 Å². The van der Waals surface area contributed by atoms with Crippen LogP contribution in [0.15, 0.2) is 53.1 Å². The summed E-state index contributed by atoms with van der Waals surface area (Å²) in [6.07, 6.45) is 3.83. The number of aromatic nitrogens is 1. The molecule has 0 radical (unpaired) electrons. The molecule has 21 heavy (non-hydrogen) atoms. The van der Waals surface area contributed by atoms with Crippen molar-refractivity contribution in [3.8, 4) is 0 Å². The molecule has 4 heteroatoms. The van der Waals surface area contributed by atoms with Gasteiger partial charge in [0.25, 0.3) is 5.91 Å². The molecular formula is C17H16N2O2. The molecular weight excluding hydrogens is 264 g/mol. The van der Waals surface area contributed by atoms with E-state index >= 15 is 0 Å². The summed E-state index contributed by atoms with van der Waals surface area (Å²) in [4.78, 5) is 12.4. The van der Waals surface area contributed by atoms with Gasteiger partial charge >= 0.3 is 0 Å². The van der Waals surface area contributed by atoms with Crippen molar-refractivity contribution in [2.75, 3.05) is 0 Å². The Morgan fingerprint density at radius 2 is 2.05 bits per heavy atom. The number of benzene rings is 1. The van der Waals surface area contributed by atoms with Gasteiger partial charge in [-0.25, -0.2) is 0 Å². The van der Waals surface area contributed by atoms with E-state index in [-0.39, 0.29) is 5.91 Å². The number of carbonyl (C=O) groups excluding carboxylic acids is 1. The first-order chi connectivity index (χ1) is 10.3. The molecule has 2 heterocycles. The number of hydrogen-bond acceptors (Lipinski definition) is 2. The Bertz CT molecular complexity index is 782. The maximum atomic E-state index is 12.4.